The molecule has 5 heteroatoms. The molecule has 1 saturated heterocycles. The number of nitrogens with zero attached hydrogens (tertiary/aromatic N) is 1. The van der Waals surface area contributed by atoms with Gasteiger partial charge in [0.05, 0.1) is 0 Å². The maximum Gasteiger partial charge on any atom is 0.407 e. The van der Waals surface area contributed by atoms with Gasteiger partial charge in [-0.3, -0.25) is 0 Å². The van der Waals surface area contributed by atoms with Crippen LogP contribution in [0.1, 0.15) is 12.8 Å². The molecular weight excluding hydrogens is 168 g/mol. The number of nitrogens with two attached hydrogens (primary N) is 1. The van der Waals surface area contributed by atoms with Gasteiger partial charge in [0.15, 0.2) is 0 Å². The first-order chi connectivity index (χ1) is 4.75. The molecule has 1 atom stereocenters. The van der Waals surface area contributed by atoms with Crippen LogP contribution in [0.25, 0.3) is 0 Å². The molecule has 66 valence electrons. The third-order valence-corrected chi connectivity index (χ3v) is 1.89. The number of amides is 1. The van der Waals surface area contributed by atoms with Crippen LogP contribution in [0, 0.1) is 0 Å². The summed E-state index contributed by atoms with van der Waals surface area (Å²) in [6.45, 7) is 1.10. The Labute approximate surface area is 71.8 Å². The third kappa shape index (κ3) is 2.24. The number of hydrogen-bond acceptors (Lipinski definition) is 2. The van der Waals surface area contributed by atoms with Gasteiger partial charge < -0.3 is 15.7 Å². The average Bonchev–Trinajstić information content (AvgIpc) is 2.33. The fourth-order valence-corrected chi connectivity index (χ4v) is 1.33. The summed E-state index contributed by atoms with van der Waals surface area (Å²) in [5.74, 6) is 0. The van der Waals surface area contributed by atoms with E-state index in [4.69, 9.17) is 10.8 Å². The lowest BCUT2D eigenvalue weighted by Crippen LogP contribution is -2.38. The summed E-state index contributed by atoms with van der Waals surface area (Å²) in [6.07, 6.45) is 1.03. The number of carboxylic acid groups (broad SMARTS) is 1. The fraction of sp³-hybridized carbons (Fsp3) is 0.833. The van der Waals surface area contributed by atoms with Crippen molar-refractivity contribution in [1.82, 2.24) is 4.90 Å². The van der Waals surface area contributed by atoms with Crippen molar-refractivity contribution < 1.29 is 9.90 Å². The van der Waals surface area contributed by atoms with Crippen molar-refractivity contribution >= 4 is 18.5 Å². The van der Waals surface area contributed by atoms with Gasteiger partial charge in [0.2, 0.25) is 0 Å². The van der Waals surface area contributed by atoms with Crippen LogP contribution in [0.15, 0.2) is 0 Å². The van der Waals surface area contributed by atoms with Crippen LogP contribution in [-0.4, -0.2) is 35.2 Å². The second kappa shape index (κ2) is 4.41. The van der Waals surface area contributed by atoms with Gasteiger partial charge in [0.25, 0.3) is 0 Å². The van der Waals surface area contributed by atoms with Crippen LogP contribution in [-0.2, 0) is 0 Å². The largest absolute Gasteiger partial charge is 0.465 e. The van der Waals surface area contributed by atoms with Crippen molar-refractivity contribution in [3.63, 3.8) is 0 Å². The second-order valence-electron chi connectivity index (χ2n) is 2.51. The minimum atomic E-state index is -0.840. The molecule has 3 N–H and O–H groups in total. The van der Waals surface area contributed by atoms with E-state index in [0.717, 1.165) is 12.8 Å². The highest BCUT2D eigenvalue weighted by molar-refractivity contribution is 5.85. The van der Waals surface area contributed by atoms with Crippen LogP contribution in [0.3, 0.4) is 0 Å². The van der Waals surface area contributed by atoms with Crippen LogP contribution in [0.5, 0.6) is 0 Å². The third-order valence-electron chi connectivity index (χ3n) is 1.89. The molecule has 0 aromatic rings. The van der Waals surface area contributed by atoms with Gasteiger partial charge >= 0.3 is 6.09 Å². The van der Waals surface area contributed by atoms with Gasteiger partial charge in [-0.15, -0.1) is 12.4 Å². The molecule has 0 radical (unpaired) electrons. The van der Waals surface area contributed by atoms with Crippen molar-refractivity contribution in [2.45, 2.75) is 18.9 Å². The van der Waals surface area contributed by atoms with E-state index in [1.165, 1.54) is 4.90 Å². The van der Waals surface area contributed by atoms with E-state index in [1.807, 2.05) is 0 Å². The highest BCUT2D eigenvalue weighted by atomic mass is 35.5. The first-order valence-corrected chi connectivity index (χ1v) is 3.45. The molecule has 0 aromatic carbocycles. The quantitative estimate of drug-likeness (QED) is 0.618. The predicted octanol–water partition coefficient (Wildman–Crippen LogP) is 0.509. The summed E-state index contributed by atoms with van der Waals surface area (Å²) in [5.41, 5.74) is 5.36. The summed E-state index contributed by atoms with van der Waals surface area (Å²) in [7, 11) is 0. The van der Waals surface area contributed by atoms with E-state index in [-0.39, 0.29) is 18.4 Å². The summed E-state index contributed by atoms with van der Waals surface area (Å²) >= 11 is 0. The van der Waals surface area contributed by atoms with E-state index in [0.29, 0.717) is 13.1 Å². The molecule has 1 aliphatic heterocycles. The Kier molecular flexibility index (Phi) is 4.22. The molecule has 0 aliphatic carbocycles. The number of likely N-dealkylation sites (tertiary alicyclic amines) is 1. The summed E-state index contributed by atoms with van der Waals surface area (Å²) < 4.78 is 0. The first kappa shape index (κ1) is 10.5. The normalized spacial score (nSPS) is 23.0. The molecule has 0 unspecified atom stereocenters. The van der Waals surface area contributed by atoms with E-state index < -0.39 is 6.09 Å². The molecule has 1 heterocycles. The van der Waals surface area contributed by atoms with Crippen LogP contribution < -0.4 is 5.73 Å². The minimum absolute atomic E-state index is 0. The first-order valence-electron chi connectivity index (χ1n) is 3.45. The van der Waals surface area contributed by atoms with Crippen molar-refractivity contribution in [3.8, 4) is 0 Å². The predicted molar refractivity (Wildman–Crippen MR) is 44.1 cm³/mol. The van der Waals surface area contributed by atoms with E-state index >= 15 is 0 Å². The Hall–Kier alpha value is -0.480. The van der Waals surface area contributed by atoms with E-state index in [2.05, 4.69) is 0 Å². The minimum Gasteiger partial charge on any atom is -0.465 e. The Bertz CT molecular complexity index is 143. The van der Waals surface area contributed by atoms with Gasteiger partial charge in [-0.2, -0.15) is 0 Å². The zero-order chi connectivity index (χ0) is 7.56. The number of carbonyl (C=O) groups is 1. The number of halogens is 1. The Morgan fingerprint density at radius 3 is 2.73 bits per heavy atom. The van der Waals surface area contributed by atoms with E-state index in [9.17, 15) is 4.79 Å². The van der Waals surface area contributed by atoms with Crippen molar-refractivity contribution in [2.24, 2.45) is 5.73 Å². The Morgan fingerprint density at radius 1 is 1.73 bits per heavy atom. The molecule has 0 bridgehead atoms. The summed E-state index contributed by atoms with van der Waals surface area (Å²) in [4.78, 5) is 11.9. The maximum atomic E-state index is 10.4. The van der Waals surface area contributed by atoms with E-state index in [1.54, 1.807) is 0 Å². The molecule has 0 saturated carbocycles. The average molecular weight is 181 g/mol. The lowest BCUT2D eigenvalue weighted by atomic mass is 10.2. The lowest BCUT2D eigenvalue weighted by molar-refractivity contribution is 0.141. The van der Waals surface area contributed by atoms with Gasteiger partial charge in [0.1, 0.15) is 0 Å². The molecule has 0 spiro atoms. The molecule has 0 aromatic heterocycles. The molecule has 11 heavy (non-hydrogen) atoms. The molecule has 1 rings (SSSR count). The Morgan fingerprint density at radius 2 is 2.36 bits per heavy atom. The van der Waals surface area contributed by atoms with Crippen molar-refractivity contribution in [3.05, 3.63) is 0 Å². The van der Waals surface area contributed by atoms with Crippen LogP contribution in [0.2, 0.25) is 0 Å². The monoisotopic (exact) mass is 180 g/mol. The SMILES string of the molecule is Cl.NC[C@@H]1CCCN1C(=O)O. The fourth-order valence-electron chi connectivity index (χ4n) is 1.33. The molecular formula is C6H13ClN2O2. The zero-order valence-corrected chi connectivity index (χ0v) is 7.01. The van der Waals surface area contributed by atoms with Crippen LogP contribution >= 0.6 is 12.4 Å². The molecule has 4 nitrogen and oxygen atoms in total. The van der Waals surface area contributed by atoms with Gasteiger partial charge in [-0.25, -0.2) is 4.79 Å². The van der Waals surface area contributed by atoms with Crippen molar-refractivity contribution in [1.29, 1.82) is 0 Å². The molecule has 1 aliphatic rings. The van der Waals surface area contributed by atoms with Crippen LogP contribution in [0.4, 0.5) is 4.79 Å². The summed E-state index contributed by atoms with van der Waals surface area (Å²) in [6, 6.07) is 0.0671. The molecule has 1 fully saturated rings. The Balaban J connectivity index is 0.000001000. The smallest absolute Gasteiger partial charge is 0.407 e. The second-order valence-corrected chi connectivity index (χ2v) is 2.51. The highest BCUT2D eigenvalue weighted by Crippen LogP contribution is 2.15. The van der Waals surface area contributed by atoms with Gasteiger partial charge in [-0.1, -0.05) is 0 Å². The van der Waals surface area contributed by atoms with Crippen molar-refractivity contribution in [2.75, 3.05) is 13.1 Å². The highest BCUT2D eigenvalue weighted by Gasteiger charge is 2.26. The standard InChI is InChI=1S/C6H12N2O2.ClH/c7-4-5-2-1-3-8(5)6(9)10;/h5H,1-4,7H2,(H,9,10);1H/t5-;/m0./s1. The zero-order valence-electron chi connectivity index (χ0n) is 6.19. The maximum absolute atomic E-state index is 10.4. The van der Waals surface area contributed by atoms with Gasteiger partial charge in [-0.05, 0) is 12.8 Å². The summed E-state index contributed by atoms with van der Waals surface area (Å²) in [5, 5.41) is 8.59. The number of rotatable bonds is 1. The number of hydrogen-bond donors (Lipinski definition) is 2. The lowest BCUT2D eigenvalue weighted by Gasteiger charge is -2.18. The topological polar surface area (TPSA) is 66.6 Å². The molecule has 1 amide bonds. The van der Waals surface area contributed by atoms with Gasteiger partial charge in [0, 0.05) is 19.1 Å².